The van der Waals surface area contributed by atoms with Gasteiger partial charge in [-0.25, -0.2) is 19.2 Å². The first-order valence-electron chi connectivity index (χ1n) is 8.55. The minimum atomic E-state index is -0.448. The Hall–Kier alpha value is -2.74. The number of rotatable bonds is 2. The molecule has 0 aromatic heterocycles. The van der Waals surface area contributed by atoms with E-state index in [0.717, 1.165) is 18.9 Å². The number of benzene rings is 1. The highest BCUT2D eigenvalue weighted by atomic mass is 19.1. The van der Waals surface area contributed by atoms with Crippen molar-refractivity contribution in [2.24, 2.45) is 4.99 Å². The molecule has 0 unspecified atom stereocenters. The molecule has 1 amide bonds. The van der Waals surface area contributed by atoms with Gasteiger partial charge in [-0.1, -0.05) is 0 Å². The van der Waals surface area contributed by atoms with Crippen molar-refractivity contribution in [3.05, 3.63) is 59.2 Å². The summed E-state index contributed by atoms with van der Waals surface area (Å²) in [7, 11) is 0. The summed E-state index contributed by atoms with van der Waals surface area (Å²) in [5, 5.41) is 4.52. The molecule has 1 aromatic carbocycles. The molecule has 0 radical (unpaired) electrons. The van der Waals surface area contributed by atoms with Crippen molar-refractivity contribution in [1.82, 2.24) is 20.7 Å². The molecule has 0 aliphatic carbocycles. The largest absolute Gasteiger partial charge is 0.349 e. The normalized spacial score (nSPS) is 22.0. The Kier molecular flexibility index (Phi) is 4.20. The maximum Gasteiger partial charge on any atom is 0.221 e. The number of likely N-dealkylation sites (tertiary alicyclic amines) is 1. The van der Waals surface area contributed by atoms with Crippen LogP contribution in [0.15, 0.2) is 47.0 Å². The van der Waals surface area contributed by atoms with E-state index >= 15 is 0 Å². The maximum atomic E-state index is 14.3. The number of hydrogen-bond donors (Lipinski definition) is 2. The fourth-order valence-corrected chi connectivity index (χ4v) is 3.60. The van der Waals surface area contributed by atoms with Gasteiger partial charge in [-0.05, 0) is 37.1 Å². The highest BCUT2D eigenvalue weighted by Crippen LogP contribution is 2.35. The molecule has 0 bridgehead atoms. The second-order valence-corrected chi connectivity index (χ2v) is 6.49. The number of nitrogens with zero attached hydrogens (tertiary/aromatic N) is 3. The number of nitrogens with one attached hydrogen (secondary N) is 2. The summed E-state index contributed by atoms with van der Waals surface area (Å²) in [5.41, 5.74) is 4.14. The summed E-state index contributed by atoms with van der Waals surface area (Å²) in [6.07, 6.45) is 5.26. The predicted octanol–water partition coefficient (Wildman–Crippen LogP) is 2.15. The number of aliphatic imine (C=N–C) groups is 1. The van der Waals surface area contributed by atoms with Gasteiger partial charge >= 0.3 is 0 Å². The van der Waals surface area contributed by atoms with Crippen LogP contribution >= 0.6 is 0 Å². The van der Waals surface area contributed by atoms with Gasteiger partial charge in [0.05, 0.1) is 18.3 Å². The molecule has 3 heterocycles. The summed E-state index contributed by atoms with van der Waals surface area (Å²) in [6.45, 7) is 2.63. The van der Waals surface area contributed by atoms with Gasteiger partial charge in [0, 0.05) is 25.2 Å². The van der Waals surface area contributed by atoms with E-state index in [1.807, 2.05) is 17.2 Å². The van der Waals surface area contributed by atoms with Crippen molar-refractivity contribution >= 4 is 11.7 Å². The quantitative estimate of drug-likeness (QED) is 0.850. The Bertz CT molecular complexity index is 848. The molecular weight excluding hydrogens is 340 g/mol. The molecule has 136 valence electrons. The van der Waals surface area contributed by atoms with Gasteiger partial charge in [0.1, 0.15) is 17.5 Å². The summed E-state index contributed by atoms with van der Waals surface area (Å²) >= 11 is 0. The Morgan fingerprint density at radius 3 is 3.04 bits per heavy atom. The Morgan fingerprint density at radius 2 is 2.23 bits per heavy atom. The summed E-state index contributed by atoms with van der Waals surface area (Å²) < 4.78 is 27.9. The SMILES string of the molecule is CC(=O)NC1=C2N=C(N3CCC[C@H]3c3cc(F)ccc3F)C=CN2NC1. The minimum Gasteiger partial charge on any atom is -0.349 e. The third-order valence-electron chi connectivity index (χ3n) is 4.71. The molecule has 0 spiro atoms. The van der Waals surface area contributed by atoms with Crippen molar-refractivity contribution in [2.45, 2.75) is 25.8 Å². The Balaban J connectivity index is 1.67. The molecule has 1 aromatic rings. The van der Waals surface area contributed by atoms with Gasteiger partial charge in [-0.15, -0.1) is 0 Å². The van der Waals surface area contributed by atoms with Crippen LogP contribution in [0.2, 0.25) is 0 Å². The molecule has 1 saturated heterocycles. The number of halogens is 2. The molecule has 3 aliphatic heterocycles. The zero-order valence-corrected chi connectivity index (χ0v) is 14.3. The number of carbonyl (C=O) groups is 1. The monoisotopic (exact) mass is 359 g/mol. The lowest BCUT2D eigenvalue weighted by atomic mass is 10.0. The van der Waals surface area contributed by atoms with Crippen LogP contribution in [-0.4, -0.2) is 34.7 Å². The second-order valence-electron chi connectivity index (χ2n) is 6.49. The number of fused-ring (bicyclic) bond motifs is 1. The number of amides is 1. The molecule has 1 fully saturated rings. The summed E-state index contributed by atoms with van der Waals surface area (Å²) in [6, 6.07) is 3.29. The van der Waals surface area contributed by atoms with Gasteiger partial charge in [-0.2, -0.15) is 0 Å². The van der Waals surface area contributed by atoms with Crippen LogP contribution in [0.25, 0.3) is 0 Å². The van der Waals surface area contributed by atoms with Gasteiger partial charge in [0.15, 0.2) is 5.82 Å². The zero-order valence-electron chi connectivity index (χ0n) is 14.3. The van der Waals surface area contributed by atoms with E-state index in [2.05, 4.69) is 15.7 Å². The fraction of sp³-hybridized carbons (Fsp3) is 0.333. The highest BCUT2D eigenvalue weighted by Gasteiger charge is 2.33. The molecule has 4 rings (SSSR count). The lowest BCUT2D eigenvalue weighted by Crippen LogP contribution is -2.35. The summed E-state index contributed by atoms with van der Waals surface area (Å²) in [5.74, 6) is 0.266. The van der Waals surface area contributed by atoms with E-state index in [0.29, 0.717) is 36.0 Å². The molecule has 26 heavy (non-hydrogen) atoms. The second kappa shape index (κ2) is 6.53. The topological polar surface area (TPSA) is 60.0 Å². The average molecular weight is 359 g/mol. The van der Waals surface area contributed by atoms with E-state index in [4.69, 9.17) is 0 Å². The Morgan fingerprint density at radius 1 is 1.38 bits per heavy atom. The first-order chi connectivity index (χ1) is 12.5. The van der Waals surface area contributed by atoms with E-state index < -0.39 is 11.6 Å². The van der Waals surface area contributed by atoms with Crippen molar-refractivity contribution in [3.63, 3.8) is 0 Å². The van der Waals surface area contributed by atoms with Gasteiger partial charge < -0.3 is 10.2 Å². The van der Waals surface area contributed by atoms with Crippen LogP contribution in [0.4, 0.5) is 8.78 Å². The van der Waals surface area contributed by atoms with Gasteiger partial charge in [-0.3, -0.25) is 9.80 Å². The molecule has 0 saturated carbocycles. The Labute approximate surface area is 149 Å². The first-order valence-corrected chi connectivity index (χ1v) is 8.55. The molecule has 3 aliphatic rings. The third kappa shape index (κ3) is 2.96. The number of amidine groups is 1. The minimum absolute atomic E-state index is 0.164. The van der Waals surface area contributed by atoms with Crippen LogP contribution in [0, 0.1) is 11.6 Å². The first kappa shape index (κ1) is 16.7. The predicted molar refractivity (Wildman–Crippen MR) is 92.3 cm³/mol. The van der Waals surface area contributed by atoms with E-state index in [-0.39, 0.29) is 11.9 Å². The molecule has 8 heteroatoms. The van der Waals surface area contributed by atoms with E-state index in [1.165, 1.54) is 19.1 Å². The lowest BCUT2D eigenvalue weighted by Gasteiger charge is -2.30. The fourth-order valence-electron chi connectivity index (χ4n) is 3.60. The van der Waals surface area contributed by atoms with Crippen LogP contribution in [-0.2, 0) is 4.79 Å². The zero-order chi connectivity index (χ0) is 18.3. The van der Waals surface area contributed by atoms with Crippen LogP contribution in [0.1, 0.15) is 31.4 Å². The lowest BCUT2D eigenvalue weighted by molar-refractivity contribution is -0.118. The smallest absolute Gasteiger partial charge is 0.221 e. The van der Waals surface area contributed by atoms with Gasteiger partial charge in [0.2, 0.25) is 5.91 Å². The van der Waals surface area contributed by atoms with Crippen molar-refractivity contribution in [2.75, 3.05) is 13.1 Å². The number of carbonyl (C=O) groups excluding carboxylic acids is 1. The van der Waals surface area contributed by atoms with E-state index in [9.17, 15) is 13.6 Å². The van der Waals surface area contributed by atoms with Gasteiger partial charge in [0.25, 0.3) is 0 Å². The third-order valence-corrected chi connectivity index (χ3v) is 4.71. The van der Waals surface area contributed by atoms with Crippen molar-refractivity contribution in [1.29, 1.82) is 0 Å². The molecule has 1 atom stereocenters. The summed E-state index contributed by atoms with van der Waals surface area (Å²) in [4.78, 5) is 18.0. The average Bonchev–Trinajstić information content (AvgIpc) is 3.23. The van der Waals surface area contributed by atoms with Crippen molar-refractivity contribution in [3.8, 4) is 0 Å². The molecule has 6 nitrogen and oxygen atoms in total. The van der Waals surface area contributed by atoms with E-state index in [1.54, 1.807) is 5.01 Å². The maximum absolute atomic E-state index is 14.3. The molecule has 2 N–H and O–H groups in total. The standard InChI is InChI=1S/C18H19F2N5O/c1-11(26)22-15-10-21-25-8-6-17(23-18(15)25)24-7-2-3-16(24)13-9-12(19)4-5-14(13)20/h4-6,8-9,16,21H,2-3,7,10H2,1H3,(H,22,26)/t16-/m0/s1. The number of hydrazine groups is 1. The van der Waals surface area contributed by atoms with Crippen LogP contribution in [0.3, 0.4) is 0 Å². The van der Waals surface area contributed by atoms with Crippen molar-refractivity contribution < 1.29 is 13.6 Å². The molecular formula is C18H19F2N5O. The number of hydrogen-bond acceptors (Lipinski definition) is 5. The van der Waals surface area contributed by atoms with Crippen LogP contribution < -0.4 is 10.7 Å². The van der Waals surface area contributed by atoms with Crippen LogP contribution in [0.5, 0.6) is 0 Å². The highest BCUT2D eigenvalue weighted by molar-refractivity contribution is 5.95.